The minimum absolute atomic E-state index is 0.0224. The number of hydrogen-bond acceptors (Lipinski definition) is 3. The predicted molar refractivity (Wildman–Crippen MR) is 123 cm³/mol. The molecule has 30 heavy (non-hydrogen) atoms. The number of benzene rings is 2. The fourth-order valence-electron chi connectivity index (χ4n) is 4.52. The summed E-state index contributed by atoms with van der Waals surface area (Å²) in [5.41, 5.74) is 3.02. The molecule has 158 valence electrons. The molecule has 0 spiro atoms. The van der Waals surface area contributed by atoms with E-state index < -0.39 is 0 Å². The highest BCUT2D eigenvalue weighted by Gasteiger charge is 2.36. The SMILES string of the molecule is CN(Cc1ccccc1N1CCCC1)C(=O)C1CCCN1C(=O)c1ccc(Br)cc1. The van der Waals surface area contributed by atoms with Gasteiger partial charge in [-0.15, -0.1) is 0 Å². The van der Waals surface area contributed by atoms with Crippen LogP contribution in [0.15, 0.2) is 53.0 Å². The Morgan fingerprint density at radius 1 is 1.00 bits per heavy atom. The summed E-state index contributed by atoms with van der Waals surface area (Å²) < 4.78 is 0.935. The Kier molecular flexibility index (Phi) is 6.42. The maximum Gasteiger partial charge on any atom is 0.254 e. The maximum absolute atomic E-state index is 13.3. The molecule has 4 rings (SSSR count). The van der Waals surface area contributed by atoms with Crippen molar-refractivity contribution >= 4 is 33.4 Å². The Hall–Kier alpha value is -2.34. The number of anilines is 1. The second kappa shape index (κ2) is 9.21. The van der Waals surface area contributed by atoms with E-state index >= 15 is 0 Å². The van der Waals surface area contributed by atoms with Crippen LogP contribution in [0.2, 0.25) is 0 Å². The Morgan fingerprint density at radius 3 is 2.43 bits per heavy atom. The standard InChI is InChI=1S/C24H28BrN3O2/c1-26(17-19-7-2-3-8-21(19)27-14-4-5-15-27)24(30)22-9-6-16-28(22)23(29)18-10-12-20(25)13-11-18/h2-3,7-8,10-13,22H,4-6,9,14-17H2,1H3. The van der Waals surface area contributed by atoms with Gasteiger partial charge in [-0.1, -0.05) is 34.1 Å². The van der Waals surface area contributed by atoms with Crippen molar-refractivity contribution in [3.63, 3.8) is 0 Å². The maximum atomic E-state index is 13.3. The number of halogens is 1. The van der Waals surface area contributed by atoms with Crippen molar-refractivity contribution in [3.05, 3.63) is 64.1 Å². The number of hydrogen-bond donors (Lipinski definition) is 0. The van der Waals surface area contributed by atoms with Crippen LogP contribution in [0.1, 0.15) is 41.6 Å². The van der Waals surface area contributed by atoms with Gasteiger partial charge in [0, 0.05) is 49.0 Å². The van der Waals surface area contributed by atoms with Crippen LogP contribution < -0.4 is 4.90 Å². The molecule has 2 aromatic rings. The first-order chi connectivity index (χ1) is 14.5. The Labute approximate surface area is 186 Å². The summed E-state index contributed by atoms with van der Waals surface area (Å²) in [6.45, 7) is 3.34. The van der Waals surface area contributed by atoms with Crippen LogP contribution in [-0.4, -0.2) is 54.3 Å². The topological polar surface area (TPSA) is 43.9 Å². The summed E-state index contributed by atoms with van der Waals surface area (Å²) in [7, 11) is 1.85. The van der Waals surface area contributed by atoms with Crippen LogP contribution in [0.4, 0.5) is 5.69 Å². The highest BCUT2D eigenvalue weighted by Crippen LogP contribution is 2.27. The lowest BCUT2D eigenvalue weighted by atomic mass is 10.1. The van der Waals surface area contributed by atoms with Crippen LogP contribution in [0, 0.1) is 0 Å². The molecule has 2 amide bonds. The smallest absolute Gasteiger partial charge is 0.254 e. The fourth-order valence-corrected chi connectivity index (χ4v) is 4.79. The van der Waals surface area contributed by atoms with Crippen molar-refractivity contribution in [3.8, 4) is 0 Å². The first kappa shape index (κ1) is 20.9. The van der Waals surface area contributed by atoms with E-state index in [9.17, 15) is 9.59 Å². The van der Waals surface area contributed by atoms with E-state index in [0.29, 0.717) is 18.7 Å². The second-order valence-corrected chi connectivity index (χ2v) is 9.10. The molecule has 0 aromatic heterocycles. The molecular weight excluding hydrogens is 442 g/mol. The van der Waals surface area contributed by atoms with Crippen LogP contribution in [0.5, 0.6) is 0 Å². The van der Waals surface area contributed by atoms with Crippen molar-refractivity contribution < 1.29 is 9.59 Å². The highest BCUT2D eigenvalue weighted by molar-refractivity contribution is 9.10. The molecule has 2 heterocycles. The average molecular weight is 470 g/mol. The Morgan fingerprint density at radius 2 is 1.70 bits per heavy atom. The number of likely N-dealkylation sites (N-methyl/N-ethyl adjacent to an activating group) is 1. The summed E-state index contributed by atoms with van der Waals surface area (Å²) >= 11 is 3.40. The largest absolute Gasteiger partial charge is 0.371 e. The van der Waals surface area contributed by atoms with Gasteiger partial charge in [0.1, 0.15) is 6.04 Å². The number of amides is 2. The summed E-state index contributed by atoms with van der Waals surface area (Å²) in [6, 6.07) is 15.3. The minimum Gasteiger partial charge on any atom is -0.371 e. The molecule has 0 radical (unpaired) electrons. The van der Waals surface area contributed by atoms with Crippen molar-refractivity contribution in [1.29, 1.82) is 0 Å². The van der Waals surface area contributed by atoms with Crippen LogP contribution in [0.3, 0.4) is 0 Å². The van der Waals surface area contributed by atoms with E-state index in [1.165, 1.54) is 24.1 Å². The molecular formula is C24H28BrN3O2. The van der Waals surface area contributed by atoms with E-state index in [1.54, 1.807) is 9.80 Å². The van der Waals surface area contributed by atoms with Crippen LogP contribution >= 0.6 is 15.9 Å². The quantitative estimate of drug-likeness (QED) is 0.654. The van der Waals surface area contributed by atoms with Gasteiger partial charge in [0.2, 0.25) is 5.91 Å². The first-order valence-corrected chi connectivity index (χ1v) is 11.5. The average Bonchev–Trinajstić information content (AvgIpc) is 3.46. The van der Waals surface area contributed by atoms with Gasteiger partial charge in [-0.3, -0.25) is 9.59 Å². The predicted octanol–water partition coefficient (Wildman–Crippen LogP) is 4.31. The number of para-hydroxylation sites is 1. The van der Waals surface area contributed by atoms with E-state index in [0.717, 1.165) is 30.4 Å². The number of rotatable bonds is 5. The molecule has 0 saturated carbocycles. The van der Waals surface area contributed by atoms with Gasteiger partial charge >= 0.3 is 0 Å². The van der Waals surface area contributed by atoms with Crippen LogP contribution in [0.25, 0.3) is 0 Å². The Balaban J connectivity index is 1.47. The molecule has 0 bridgehead atoms. The summed E-state index contributed by atoms with van der Waals surface area (Å²) in [5, 5.41) is 0. The lowest BCUT2D eigenvalue weighted by molar-refractivity contribution is -0.134. The molecule has 2 aliphatic heterocycles. The molecule has 6 heteroatoms. The van der Waals surface area contributed by atoms with Crippen LogP contribution in [-0.2, 0) is 11.3 Å². The van der Waals surface area contributed by atoms with Gasteiger partial charge in [-0.05, 0) is 61.6 Å². The number of carbonyl (C=O) groups is 2. The van der Waals surface area contributed by atoms with E-state index in [1.807, 2.05) is 37.4 Å². The van der Waals surface area contributed by atoms with Gasteiger partial charge in [-0.2, -0.15) is 0 Å². The molecule has 1 atom stereocenters. The third-order valence-corrected chi connectivity index (χ3v) is 6.64. The fraction of sp³-hybridized carbons (Fsp3) is 0.417. The van der Waals surface area contributed by atoms with Gasteiger partial charge in [0.05, 0.1) is 0 Å². The summed E-state index contributed by atoms with van der Waals surface area (Å²) in [6.07, 6.45) is 4.02. The molecule has 2 fully saturated rings. The van der Waals surface area contributed by atoms with Crippen molar-refractivity contribution in [1.82, 2.24) is 9.80 Å². The number of carbonyl (C=O) groups excluding carboxylic acids is 2. The monoisotopic (exact) mass is 469 g/mol. The molecule has 5 nitrogen and oxygen atoms in total. The number of nitrogens with zero attached hydrogens (tertiary/aromatic N) is 3. The van der Waals surface area contributed by atoms with Crippen molar-refractivity contribution in [2.45, 2.75) is 38.3 Å². The molecule has 2 aromatic carbocycles. The minimum atomic E-state index is -0.384. The summed E-state index contributed by atoms with van der Waals surface area (Å²) in [4.78, 5) is 32.2. The zero-order valence-electron chi connectivity index (χ0n) is 17.4. The number of likely N-dealkylation sites (tertiary alicyclic amines) is 1. The Bertz CT molecular complexity index is 909. The second-order valence-electron chi connectivity index (χ2n) is 8.18. The van der Waals surface area contributed by atoms with E-state index in [4.69, 9.17) is 0 Å². The van der Waals surface area contributed by atoms with Gasteiger partial charge in [-0.25, -0.2) is 0 Å². The summed E-state index contributed by atoms with van der Waals surface area (Å²) in [5.74, 6) is -0.0431. The first-order valence-electron chi connectivity index (χ1n) is 10.7. The molecule has 2 aliphatic rings. The zero-order chi connectivity index (χ0) is 21.1. The highest BCUT2D eigenvalue weighted by atomic mass is 79.9. The van der Waals surface area contributed by atoms with Gasteiger partial charge in [0.25, 0.3) is 5.91 Å². The van der Waals surface area contributed by atoms with Crippen molar-refractivity contribution in [2.24, 2.45) is 0 Å². The van der Waals surface area contributed by atoms with Gasteiger partial charge < -0.3 is 14.7 Å². The van der Waals surface area contributed by atoms with E-state index in [2.05, 4.69) is 39.0 Å². The lowest BCUT2D eigenvalue weighted by Gasteiger charge is -2.29. The molecule has 0 aliphatic carbocycles. The van der Waals surface area contributed by atoms with E-state index in [-0.39, 0.29) is 17.9 Å². The van der Waals surface area contributed by atoms with Gasteiger partial charge in [0.15, 0.2) is 0 Å². The molecule has 0 N–H and O–H groups in total. The normalized spacial score (nSPS) is 18.7. The zero-order valence-corrected chi connectivity index (χ0v) is 19.0. The lowest BCUT2D eigenvalue weighted by Crippen LogP contribution is -2.46. The third-order valence-electron chi connectivity index (χ3n) is 6.11. The molecule has 2 saturated heterocycles. The third kappa shape index (κ3) is 4.38. The van der Waals surface area contributed by atoms with Crippen molar-refractivity contribution in [2.75, 3.05) is 31.6 Å². The molecule has 1 unspecified atom stereocenters.